The first-order chi connectivity index (χ1) is 7.93. The lowest BCUT2D eigenvalue weighted by atomic mass is 10.1. The fourth-order valence-corrected chi connectivity index (χ4v) is 1.29. The van der Waals surface area contributed by atoms with E-state index in [1.54, 1.807) is 0 Å². The molecule has 0 saturated heterocycles. The van der Waals surface area contributed by atoms with Crippen LogP contribution in [0.5, 0.6) is 0 Å². The predicted octanol–water partition coefficient (Wildman–Crippen LogP) is 0.751. The zero-order chi connectivity index (χ0) is 13.0. The second-order valence-electron chi connectivity index (χ2n) is 3.33. The van der Waals surface area contributed by atoms with E-state index in [-0.39, 0.29) is 11.3 Å². The highest BCUT2D eigenvalue weighted by molar-refractivity contribution is 5.99. The number of likely N-dealkylation sites (N-methyl/N-ethyl adjacent to an activating group) is 1. The third-order valence-corrected chi connectivity index (χ3v) is 2.05. The number of carbonyl (C=O) groups excluding carboxylic acids is 1. The lowest BCUT2D eigenvalue weighted by Crippen LogP contribution is -2.32. The molecule has 90 valence electrons. The molecule has 7 heteroatoms. The summed E-state index contributed by atoms with van der Waals surface area (Å²) in [4.78, 5) is 33.1. The van der Waals surface area contributed by atoms with Gasteiger partial charge in [-0.25, -0.2) is 0 Å². The Morgan fingerprint density at radius 1 is 1.41 bits per heavy atom. The van der Waals surface area contributed by atoms with Gasteiger partial charge in [0.05, 0.1) is 4.92 Å². The van der Waals surface area contributed by atoms with E-state index in [9.17, 15) is 19.7 Å². The maximum Gasteiger partial charge on any atom is 0.323 e. The van der Waals surface area contributed by atoms with Gasteiger partial charge in [0.15, 0.2) is 0 Å². The van der Waals surface area contributed by atoms with Crippen molar-refractivity contribution >= 4 is 17.6 Å². The summed E-state index contributed by atoms with van der Waals surface area (Å²) in [5, 5.41) is 19.2. The number of amides is 1. The molecule has 1 rings (SSSR count). The molecular formula is C10H10N2O5. The summed E-state index contributed by atoms with van der Waals surface area (Å²) in [6.07, 6.45) is 0. The predicted molar refractivity (Wildman–Crippen MR) is 57.7 cm³/mol. The van der Waals surface area contributed by atoms with Gasteiger partial charge in [-0.3, -0.25) is 19.7 Å². The van der Waals surface area contributed by atoms with E-state index in [0.717, 1.165) is 4.90 Å². The molecule has 0 aromatic heterocycles. The topological polar surface area (TPSA) is 101 Å². The Hall–Kier alpha value is -2.44. The fraction of sp³-hybridized carbons (Fsp3) is 0.200. The highest BCUT2D eigenvalue weighted by atomic mass is 16.6. The van der Waals surface area contributed by atoms with Gasteiger partial charge < -0.3 is 10.0 Å². The number of nitro benzene ring substituents is 1. The van der Waals surface area contributed by atoms with Crippen molar-refractivity contribution in [1.29, 1.82) is 0 Å². The van der Waals surface area contributed by atoms with Crippen LogP contribution in [0.15, 0.2) is 24.3 Å². The van der Waals surface area contributed by atoms with Crippen molar-refractivity contribution in [3.05, 3.63) is 39.9 Å². The number of hydrogen-bond acceptors (Lipinski definition) is 4. The molecule has 1 aromatic carbocycles. The molecule has 0 saturated carbocycles. The largest absolute Gasteiger partial charge is 0.480 e. The van der Waals surface area contributed by atoms with Gasteiger partial charge in [-0.2, -0.15) is 0 Å². The Bertz CT molecular complexity index is 472. The van der Waals surface area contributed by atoms with Crippen LogP contribution in [0.4, 0.5) is 5.69 Å². The number of benzene rings is 1. The first kappa shape index (κ1) is 12.6. The second-order valence-corrected chi connectivity index (χ2v) is 3.33. The van der Waals surface area contributed by atoms with Gasteiger partial charge in [0, 0.05) is 13.1 Å². The Labute approximate surface area is 96.4 Å². The smallest absolute Gasteiger partial charge is 0.323 e. The minimum Gasteiger partial charge on any atom is -0.480 e. The van der Waals surface area contributed by atoms with Crippen LogP contribution < -0.4 is 0 Å². The molecule has 0 spiro atoms. The van der Waals surface area contributed by atoms with E-state index in [1.807, 2.05) is 0 Å². The van der Waals surface area contributed by atoms with Crippen molar-refractivity contribution in [2.45, 2.75) is 0 Å². The van der Waals surface area contributed by atoms with Crippen LogP contribution in [-0.4, -0.2) is 40.4 Å². The van der Waals surface area contributed by atoms with Crippen molar-refractivity contribution in [2.24, 2.45) is 0 Å². The van der Waals surface area contributed by atoms with Crippen LogP contribution in [0, 0.1) is 10.1 Å². The van der Waals surface area contributed by atoms with Crippen LogP contribution in [0.25, 0.3) is 0 Å². The molecule has 0 unspecified atom stereocenters. The number of nitro groups is 1. The molecule has 0 aliphatic heterocycles. The number of para-hydroxylation sites is 1. The molecule has 0 aliphatic rings. The van der Waals surface area contributed by atoms with Crippen LogP contribution in [0.1, 0.15) is 10.4 Å². The lowest BCUT2D eigenvalue weighted by molar-refractivity contribution is -0.385. The van der Waals surface area contributed by atoms with Gasteiger partial charge in [0.25, 0.3) is 11.6 Å². The second kappa shape index (κ2) is 5.06. The summed E-state index contributed by atoms with van der Waals surface area (Å²) in [6.45, 7) is -0.509. The zero-order valence-corrected chi connectivity index (χ0v) is 8.99. The standard InChI is InChI=1S/C10H10N2O5/c1-11(6-9(13)14)10(15)7-4-2-3-5-8(7)12(16)17/h2-5H,6H2,1H3,(H,13,14). The van der Waals surface area contributed by atoms with E-state index in [2.05, 4.69) is 0 Å². The molecule has 1 aromatic rings. The Morgan fingerprint density at radius 2 is 2.00 bits per heavy atom. The molecule has 0 atom stereocenters. The van der Waals surface area contributed by atoms with E-state index in [4.69, 9.17) is 5.11 Å². The van der Waals surface area contributed by atoms with Crippen molar-refractivity contribution < 1.29 is 19.6 Å². The molecule has 0 radical (unpaired) electrons. The Morgan fingerprint density at radius 3 is 2.53 bits per heavy atom. The molecule has 0 heterocycles. The van der Waals surface area contributed by atoms with Gasteiger partial charge in [0.2, 0.25) is 0 Å². The highest BCUT2D eigenvalue weighted by Gasteiger charge is 2.22. The summed E-state index contributed by atoms with van der Waals surface area (Å²) in [5.41, 5.74) is -0.462. The Balaban J connectivity index is 3.04. The van der Waals surface area contributed by atoms with Crippen molar-refractivity contribution in [3.63, 3.8) is 0 Å². The van der Waals surface area contributed by atoms with E-state index in [0.29, 0.717) is 0 Å². The van der Waals surface area contributed by atoms with E-state index in [1.165, 1.54) is 31.3 Å². The lowest BCUT2D eigenvalue weighted by Gasteiger charge is -2.14. The van der Waals surface area contributed by atoms with Crippen LogP contribution >= 0.6 is 0 Å². The zero-order valence-electron chi connectivity index (χ0n) is 8.99. The van der Waals surface area contributed by atoms with Gasteiger partial charge in [-0.1, -0.05) is 12.1 Å². The molecular weight excluding hydrogens is 228 g/mol. The number of hydrogen-bond donors (Lipinski definition) is 1. The first-order valence-electron chi connectivity index (χ1n) is 4.64. The monoisotopic (exact) mass is 238 g/mol. The van der Waals surface area contributed by atoms with E-state index < -0.39 is 23.3 Å². The maximum absolute atomic E-state index is 11.8. The van der Waals surface area contributed by atoms with Crippen molar-refractivity contribution in [3.8, 4) is 0 Å². The van der Waals surface area contributed by atoms with Gasteiger partial charge in [-0.15, -0.1) is 0 Å². The Kier molecular flexibility index (Phi) is 3.76. The third kappa shape index (κ3) is 3.00. The minimum absolute atomic E-state index is 0.124. The van der Waals surface area contributed by atoms with Crippen LogP contribution in [0.3, 0.4) is 0 Å². The average molecular weight is 238 g/mol. The summed E-state index contributed by atoms with van der Waals surface area (Å²) in [5.74, 6) is -1.88. The number of nitrogens with zero attached hydrogens (tertiary/aromatic N) is 2. The van der Waals surface area contributed by atoms with Gasteiger partial charge in [0.1, 0.15) is 12.1 Å². The molecule has 0 bridgehead atoms. The summed E-state index contributed by atoms with van der Waals surface area (Å²) < 4.78 is 0. The molecule has 17 heavy (non-hydrogen) atoms. The maximum atomic E-state index is 11.8. The first-order valence-corrected chi connectivity index (χ1v) is 4.64. The quantitative estimate of drug-likeness (QED) is 0.616. The van der Waals surface area contributed by atoms with Gasteiger partial charge >= 0.3 is 5.97 Å². The summed E-state index contributed by atoms with van der Waals surface area (Å²) >= 11 is 0. The average Bonchev–Trinajstić information content (AvgIpc) is 2.27. The van der Waals surface area contributed by atoms with Crippen LogP contribution in [-0.2, 0) is 4.79 Å². The summed E-state index contributed by atoms with van der Waals surface area (Å²) in [6, 6.07) is 5.40. The number of aliphatic carboxylic acids is 1. The number of carboxylic acid groups (broad SMARTS) is 1. The molecule has 0 fully saturated rings. The normalized spacial score (nSPS) is 9.71. The molecule has 7 nitrogen and oxygen atoms in total. The minimum atomic E-state index is -1.18. The number of carbonyl (C=O) groups is 2. The molecule has 1 amide bonds. The van der Waals surface area contributed by atoms with E-state index >= 15 is 0 Å². The third-order valence-electron chi connectivity index (χ3n) is 2.05. The number of carboxylic acids is 1. The summed E-state index contributed by atoms with van der Waals surface area (Å²) in [7, 11) is 1.27. The molecule has 1 N–H and O–H groups in total. The molecule has 0 aliphatic carbocycles. The van der Waals surface area contributed by atoms with Crippen LogP contribution in [0.2, 0.25) is 0 Å². The van der Waals surface area contributed by atoms with Crippen molar-refractivity contribution in [2.75, 3.05) is 13.6 Å². The SMILES string of the molecule is CN(CC(=O)O)C(=O)c1ccccc1[N+](=O)[O-]. The fourth-order valence-electron chi connectivity index (χ4n) is 1.29. The van der Waals surface area contributed by atoms with Gasteiger partial charge in [-0.05, 0) is 6.07 Å². The van der Waals surface area contributed by atoms with Crippen molar-refractivity contribution in [1.82, 2.24) is 4.90 Å². The number of rotatable bonds is 4. The highest BCUT2D eigenvalue weighted by Crippen LogP contribution is 2.18.